The molecule has 4 N–H and O–H groups in total. The maximum absolute atomic E-state index is 12.0. The third-order valence-corrected chi connectivity index (χ3v) is 2.82. The highest BCUT2D eigenvalue weighted by Crippen LogP contribution is 2.23. The number of aromatic hydroxyl groups is 2. The van der Waals surface area contributed by atoms with Gasteiger partial charge in [-0.1, -0.05) is 12.1 Å². The fourth-order valence-corrected chi connectivity index (χ4v) is 1.82. The maximum atomic E-state index is 12.0. The zero-order valence-electron chi connectivity index (χ0n) is 11.1. The number of hydrogen-bond acceptors (Lipinski definition) is 4. The molecule has 0 bridgehead atoms. The van der Waals surface area contributed by atoms with Crippen LogP contribution in [-0.2, 0) is 6.54 Å². The molecule has 2 aromatic carbocycles. The Morgan fingerprint density at radius 1 is 1.10 bits per heavy atom. The van der Waals surface area contributed by atoms with Gasteiger partial charge in [0.15, 0.2) is 0 Å². The fraction of sp³-hybridized carbons (Fsp3) is 0.133. The first-order valence-electron chi connectivity index (χ1n) is 6.17. The van der Waals surface area contributed by atoms with Gasteiger partial charge in [0, 0.05) is 18.3 Å². The highest BCUT2D eigenvalue weighted by atomic mass is 16.3. The number of benzene rings is 2. The van der Waals surface area contributed by atoms with Crippen molar-refractivity contribution in [3.05, 3.63) is 53.6 Å². The first-order chi connectivity index (χ1) is 9.60. The van der Waals surface area contributed by atoms with Crippen molar-refractivity contribution in [3.8, 4) is 11.5 Å². The van der Waals surface area contributed by atoms with Crippen LogP contribution in [0.1, 0.15) is 15.9 Å². The summed E-state index contributed by atoms with van der Waals surface area (Å²) in [5, 5.41) is 24.5. The van der Waals surface area contributed by atoms with Crippen LogP contribution in [0.15, 0.2) is 42.5 Å². The van der Waals surface area contributed by atoms with Gasteiger partial charge in [0.25, 0.3) is 5.91 Å². The summed E-state index contributed by atoms with van der Waals surface area (Å²) >= 11 is 0. The topological polar surface area (TPSA) is 81.6 Å². The predicted molar refractivity (Wildman–Crippen MR) is 76.9 cm³/mol. The van der Waals surface area contributed by atoms with Crippen molar-refractivity contribution in [1.29, 1.82) is 0 Å². The van der Waals surface area contributed by atoms with Crippen molar-refractivity contribution in [2.24, 2.45) is 0 Å². The van der Waals surface area contributed by atoms with E-state index in [4.69, 9.17) is 0 Å². The molecule has 0 aromatic heterocycles. The molecule has 0 fully saturated rings. The van der Waals surface area contributed by atoms with Gasteiger partial charge in [-0.25, -0.2) is 0 Å². The highest BCUT2D eigenvalue weighted by molar-refractivity contribution is 6.06. The third-order valence-electron chi connectivity index (χ3n) is 2.82. The lowest BCUT2D eigenvalue weighted by Crippen LogP contribution is -2.12. The minimum Gasteiger partial charge on any atom is -0.508 e. The minimum atomic E-state index is -0.427. The number of hydrogen-bond donors (Lipinski definition) is 4. The second kappa shape index (κ2) is 6.08. The SMILES string of the molecule is CNCc1ccc(NC(=O)c2ccc(O)cc2O)cc1. The number of phenolic OH excluding ortho intramolecular Hbond substituents is 2. The van der Waals surface area contributed by atoms with Crippen molar-refractivity contribution < 1.29 is 15.0 Å². The standard InChI is InChI=1S/C15H16N2O3/c1-16-9-10-2-4-11(5-3-10)17-15(20)13-7-6-12(18)8-14(13)19/h2-8,16,18-19H,9H2,1H3,(H,17,20). The summed E-state index contributed by atoms with van der Waals surface area (Å²) in [6.45, 7) is 0.757. The fourth-order valence-electron chi connectivity index (χ4n) is 1.82. The lowest BCUT2D eigenvalue weighted by atomic mass is 10.1. The Morgan fingerprint density at radius 2 is 1.80 bits per heavy atom. The average molecular weight is 272 g/mol. The first-order valence-corrected chi connectivity index (χ1v) is 6.17. The van der Waals surface area contributed by atoms with Crippen LogP contribution in [0.25, 0.3) is 0 Å². The van der Waals surface area contributed by atoms with Crippen LogP contribution in [0, 0.1) is 0 Å². The largest absolute Gasteiger partial charge is 0.508 e. The van der Waals surface area contributed by atoms with E-state index in [0.29, 0.717) is 5.69 Å². The Bertz CT molecular complexity index is 609. The van der Waals surface area contributed by atoms with Crippen LogP contribution in [-0.4, -0.2) is 23.2 Å². The van der Waals surface area contributed by atoms with Crippen molar-refractivity contribution in [2.75, 3.05) is 12.4 Å². The maximum Gasteiger partial charge on any atom is 0.259 e. The summed E-state index contributed by atoms with van der Waals surface area (Å²) in [7, 11) is 1.86. The molecule has 0 unspecified atom stereocenters. The second-order valence-corrected chi connectivity index (χ2v) is 4.38. The molecule has 5 heteroatoms. The molecule has 0 saturated carbocycles. The van der Waals surface area contributed by atoms with E-state index in [-0.39, 0.29) is 17.1 Å². The van der Waals surface area contributed by atoms with Crippen LogP contribution in [0.5, 0.6) is 11.5 Å². The van der Waals surface area contributed by atoms with Crippen LogP contribution in [0.3, 0.4) is 0 Å². The minimum absolute atomic E-state index is 0.0875. The van der Waals surface area contributed by atoms with Crippen LogP contribution < -0.4 is 10.6 Å². The predicted octanol–water partition coefficient (Wildman–Crippen LogP) is 2.07. The molecule has 2 aromatic rings. The Kier molecular flexibility index (Phi) is 4.22. The number of amides is 1. The monoisotopic (exact) mass is 272 g/mol. The van der Waals surface area contributed by atoms with E-state index in [1.54, 1.807) is 12.1 Å². The zero-order valence-corrected chi connectivity index (χ0v) is 11.1. The Morgan fingerprint density at radius 3 is 2.40 bits per heavy atom. The molecule has 0 atom stereocenters. The van der Waals surface area contributed by atoms with E-state index < -0.39 is 5.91 Å². The molecule has 0 radical (unpaired) electrons. The van der Waals surface area contributed by atoms with Crippen molar-refractivity contribution in [1.82, 2.24) is 5.32 Å². The molecule has 5 nitrogen and oxygen atoms in total. The van der Waals surface area contributed by atoms with Crippen molar-refractivity contribution in [2.45, 2.75) is 6.54 Å². The van der Waals surface area contributed by atoms with Gasteiger partial charge in [-0.15, -0.1) is 0 Å². The van der Waals surface area contributed by atoms with E-state index in [0.717, 1.165) is 18.2 Å². The van der Waals surface area contributed by atoms with E-state index >= 15 is 0 Å². The molecule has 1 amide bonds. The van der Waals surface area contributed by atoms with E-state index in [1.807, 2.05) is 19.2 Å². The summed E-state index contributed by atoms with van der Waals surface area (Å²) in [6, 6.07) is 11.3. The average Bonchev–Trinajstić information content (AvgIpc) is 2.41. The van der Waals surface area contributed by atoms with Gasteiger partial charge in [0.1, 0.15) is 11.5 Å². The first kappa shape index (κ1) is 13.9. The summed E-state index contributed by atoms with van der Waals surface area (Å²) in [5.41, 5.74) is 1.86. The zero-order chi connectivity index (χ0) is 14.5. The molecular formula is C15H16N2O3. The Labute approximate surface area is 116 Å². The van der Waals surface area contributed by atoms with Gasteiger partial charge < -0.3 is 20.8 Å². The van der Waals surface area contributed by atoms with Gasteiger partial charge in [0.2, 0.25) is 0 Å². The van der Waals surface area contributed by atoms with Gasteiger partial charge in [-0.2, -0.15) is 0 Å². The third kappa shape index (κ3) is 3.27. The number of phenols is 2. The molecule has 0 aliphatic heterocycles. The molecule has 0 aliphatic carbocycles. The number of carbonyl (C=O) groups is 1. The highest BCUT2D eigenvalue weighted by Gasteiger charge is 2.11. The quantitative estimate of drug-likeness (QED) is 0.687. The van der Waals surface area contributed by atoms with E-state index in [1.165, 1.54) is 12.1 Å². The summed E-state index contributed by atoms with van der Waals surface area (Å²) in [5.74, 6) is -0.770. The van der Waals surface area contributed by atoms with Gasteiger partial charge in [-0.05, 0) is 36.9 Å². The molecule has 2 rings (SSSR count). The molecule has 0 spiro atoms. The molecule has 20 heavy (non-hydrogen) atoms. The number of rotatable bonds is 4. The molecule has 0 heterocycles. The van der Waals surface area contributed by atoms with Crippen molar-refractivity contribution >= 4 is 11.6 Å². The molecule has 0 saturated heterocycles. The lowest BCUT2D eigenvalue weighted by Gasteiger charge is -2.08. The smallest absolute Gasteiger partial charge is 0.259 e. The van der Waals surface area contributed by atoms with Crippen LogP contribution in [0.2, 0.25) is 0 Å². The normalized spacial score (nSPS) is 10.2. The van der Waals surface area contributed by atoms with Gasteiger partial charge in [0.05, 0.1) is 5.56 Å². The summed E-state index contributed by atoms with van der Waals surface area (Å²) < 4.78 is 0. The molecule has 0 aliphatic rings. The number of carbonyl (C=O) groups excluding carboxylic acids is 1. The van der Waals surface area contributed by atoms with Gasteiger partial charge >= 0.3 is 0 Å². The lowest BCUT2D eigenvalue weighted by molar-refractivity contribution is 0.102. The Balaban J connectivity index is 2.11. The number of anilines is 1. The summed E-state index contributed by atoms with van der Waals surface area (Å²) in [4.78, 5) is 12.0. The second-order valence-electron chi connectivity index (χ2n) is 4.38. The number of nitrogens with one attached hydrogen (secondary N) is 2. The van der Waals surface area contributed by atoms with Crippen molar-refractivity contribution in [3.63, 3.8) is 0 Å². The van der Waals surface area contributed by atoms with Crippen LogP contribution in [0.4, 0.5) is 5.69 Å². The van der Waals surface area contributed by atoms with Crippen LogP contribution >= 0.6 is 0 Å². The molecular weight excluding hydrogens is 256 g/mol. The van der Waals surface area contributed by atoms with E-state index in [9.17, 15) is 15.0 Å². The van der Waals surface area contributed by atoms with Gasteiger partial charge in [-0.3, -0.25) is 4.79 Å². The summed E-state index contributed by atoms with van der Waals surface area (Å²) in [6.07, 6.45) is 0. The van der Waals surface area contributed by atoms with E-state index in [2.05, 4.69) is 10.6 Å². The Hall–Kier alpha value is -2.53. The molecule has 104 valence electrons.